The van der Waals surface area contributed by atoms with E-state index in [2.05, 4.69) is 30.4 Å². The van der Waals surface area contributed by atoms with Crippen molar-refractivity contribution in [2.45, 2.75) is 26.7 Å². The molecule has 0 aliphatic rings. The number of alkyl halides is 3. The number of benzene rings is 1. The number of carbonyl (C=O) groups excluding carboxylic acids is 2. The fraction of sp³-hybridized carbons (Fsp3) is 0.174. The second-order valence-electron chi connectivity index (χ2n) is 7.53. The number of fused-ring (bicyclic) bond motifs is 1. The van der Waals surface area contributed by atoms with Gasteiger partial charge in [-0.2, -0.15) is 5.10 Å². The molecule has 186 valence electrons. The second-order valence-corrected chi connectivity index (χ2v) is 7.53. The van der Waals surface area contributed by atoms with Crippen molar-refractivity contribution in [3.63, 3.8) is 0 Å². The highest BCUT2D eigenvalue weighted by Gasteiger charge is 2.31. The Balaban J connectivity index is 1.58. The zero-order chi connectivity index (χ0) is 26.9. The molecule has 13 heteroatoms. The van der Waals surface area contributed by atoms with Crippen LogP contribution in [-0.2, 0) is 11.3 Å². The van der Waals surface area contributed by atoms with E-state index in [0.29, 0.717) is 40.5 Å². The minimum Gasteiger partial charge on any atom is -0.406 e. The Hall–Kier alpha value is -4.55. The fourth-order valence-corrected chi connectivity index (χ4v) is 3.24. The van der Waals surface area contributed by atoms with Crippen LogP contribution in [0.4, 0.5) is 23.4 Å². The van der Waals surface area contributed by atoms with E-state index in [4.69, 9.17) is 1.37 Å². The van der Waals surface area contributed by atoms with Gasteiger partial charge in [-0.05, 0) is 43.3 Å². The van der Waals surface area contributed by atoms with Gasteiger partial charge in [-0.3, -0.25) is 14.6 Å². The summed E-state index contributed by atoms with van der Waals surface area (Å²) >= 11 is 0. The predicted octanol–water partition coefficient (Wildman–Crippen LogP) is 4.03. The van der Waals surface area contributed by atoms with Crippen LogP contribution in [0.15, 0.2) is 48.8 Å². The molecule has 0 fully saturated rings. The molecule has 3 aromatic heterocycles. The number of nitrogens with one attached hydrogen (secondary N) is 2. The van der Waals surface area contributed by atoms with E-state index in [-0.39, 0.29) is 11.5 Å². The van der Waals surface area contributed by atoms with E-state index in [9.17, 15) is 27.2 Å². The van der Waals surface area contributed by atoms with Crippen molar-refractivity contribution in [1.82, 2.24) is 24.9 Å². The fourth-order valence-electron chi connectivity index (χ4n) is 3.24. The molecule has 0 radical (unpaired) electrons. The maximum Gasteiger partial charge on any atom is 0.573 e. The highest BCUT2D eigenvalue weighted by molar-refractivity contribution is 5.95. The molecule has 2 amide bonds. The van der Waals surface area contributed by atoms with Crippen LogP contribution < -0.4 is 15.4 Å². The van der Waals surface area contributed by atoms with Gasteiger partial charge in [0.1, 0.15) is 11.6 Å². The highest BCUT2D eigenvalue weighted by atomic mass is 19.4. The first-order chi connectivity index (χ1) is 17.4. The van der Waals surface area contributed by atoms with Crippen molar-refractivity contribution in [2.75, 3.05) is 5.32 Å². The third kappa shape index (κ3) is 5.74. The molecule has 2 N–H and O–H groups in total. The molecule has 0 aliphatic heterocycles. The first-order valence-corrected chi connectivity index (χ1v) is 10.3. The molecule has 4 rings (SSSR count). The van der Waals surface area contributed by atoms with Gasteiger partial charge in [0, 0.05) is 36.5 Å². The first kappa shape index (κ1) is 23.2. The molecular weight excluding hydrogens is 484 g/mol. The molecule has 9 nitrogen and oxygen atoms in total. The van der Waals surface area contributed by atoms with Crippen molar-refractivity contribution in [1.29, 1.82) is 0 Å². The zero-order valence-electron chi connectivity index (χ0n) is 19.7. The van der Waals surface area contributed by atoms with Crippen molar-refractivity contribution in [3.8, 4) is 17.0 Å². The molecule has 0 saturated carbocycles. The summed E-state index contributed by atoms with van der Waals surface area (Å²) in [5.41, 5.74) is 1.37. The van der Waals surface area contributed by atoms with Crippen molar-refractivity contribution >= 4 is 23.3 Å². The van der Waals surface area contributed by atoms with Crippen LogP contribution >= 0.6 is 0 Å². The van der Waals surface area contributed by atoms with Gasteiger partial charge in [-0.15, -0.1) is 13.2 Å². The lowest BCUT2D eigenvalue weighted by atomic mass is 10.1. The summed E-state index contributed by atoms with van der Waals surface area (Å²) in [7, 11) is 0. The van der Waals surface area contributed by atoms with Crippen LogP contribution in [0.25, 0.3) is 16.9 Å². The lowest BCUT2D eigenvalue weighted by molar-refractivity contribution is -0.274. The predicted molar refractivity (Wildman–Crippen MR) is 120 cm³/mol. The standard InChI is InChI=1S/C23H18F4N6O3/c1-12-17(19-5-6-21-31-20(30-13(2)34)11-33(21)32-19)8-15(10-28-12)22(35)29-9-14-7-16(3-4-18(14)24)36-23(25,26)27/h3-8,10-11H,9H2,1-2H3,(H,29,35)(H,30,34)/i9D. The first-order valence-electron chi connectivity index (χ1n) is 10.9. The number of amides is 2. The van der Waals surface area contributed by atoms with E-state index in [1.807, 2.05) is 0 Å². The molecular formula is C23H18F4N6O3. The Kier molecular flexibility index (Phi) is 6.19. The summed E-state index contributed by atoms with van der Waals surface area (Å²) in [6, 6.07) is 6.92. The van der Waals surface area contributed by atoms with Gasteiger partial charge >= 0.3 is 6.36 Å². The van der Waals surface area contributed by atoms with Gasteiger partial charge in [-0.1, -0.05) is 0 Å². The van der Waals surface area contributed by atoms with E-state index in [1.54, 1.807) is 19.1 Å². The van der Waals surface area contributed by atoms with E-state index in [0.717, 1.165) is 6.07 Å². The minimum absolute atomic E-state index is 0.00687. The highest BCUT2D eigenvalue weighted by Crippen LogP contribution is 2.25. The van der Waals surface area contributed by atoms with Gasteiger partial charge in [0.15, 0.2) is 11.5 Å². The lowest BCUT2D eigenvalue weighted by Crippen LogP contribution is -2.24. The summed E-state index contributed by atoms with van der Waals surface area (Å²) in [4.78, 5) is 32.5. The van der Waals surface area contributed by atoms with E-state index < -0.39 is 35.9 Å². The average molecular weight is 503 g/mol. The summed E-state index contributed by atoms with van der Waals surface area (Å²) in [6.07, 6.45) is -2.25. The van der Waals surface area contributed by atoms with Gasteiger partial charge in [0.25, 0.3) is 5.91 Å². The molecule has 0 aliphatic carbocycles. The maximum absolute atomic E-state index is 14.2. The Bertz CT molecular complexity index is 1510. The second kappa shape index (κ2) is 9.60. The Morgan fingerprint density at radius 1 is 1.19 bits per heavy atom. The number of aromatic nitrogens is 4. The van der Waals surface area contributed by atoms with Gasteiger partial charge in [0.2, 0.25) is 5.91 Å². The van der Waals surface area contributed by atoms with Crippen LogP contribution in [0, 0.1) is 12.7 Å². The number of ether oxygens (including phenoxy) is 1. The van der Waals surface area contributed by atoms with Crippen molar-refractivity contribution in [2.24, 2.45) is 0 Å². The van der Waals surface area contributed by atoms with E-state index in [1.165, 1.54) is 29.9 Å². The SMILES string of the molecule is [2H]C(NC(=O)c1cnc(C)c(-c2ccc3nc(NC(C)=O)cn3n2)c1)c1cc(OC(F)(F)F)ccc1F. The number of rotatable bonds is 6. The molecule has 0 saturated heterocycles. The van der Waals surface area contributed by atoms with Crippen LogP contribution in [0.2, 0.25) is 0 Å². The third-order valence-corrected chi connectivity index (χ3v) is 4.81. The maximum atomic E-state index is 14.2. The number of imidazole rings is 1. The van der Waals surface area contributed by atoms with Crippen LogP contribution in [0.1, 0.15) is 29.9 Å². The summed E-state index contributed by atoms with van der Waals surface area (Å²) < 4.78 is 64.9. The topological polar surface area (TPSA) is 111 Å². The number of carbonyl (C=O) groups is 2. The molecule has 0 bridgehead atoms. The summed E-state index contributed by atoms with van der Waals surface area (Å²) in [5.74, 6) is -2.52. The molecule has 0 spiro atoms. The Labute approximate surface area is 202 Å². The number of hydrogen-bond acceptors (Lipinski definition) is 6. The number of nitrogens with zero attached hydrogens (tertiary/aromatic N) is 4. The number of halogens is 4. The number of pyridine rings is 1. The largest absolute Gasteiger partial charge is 0.573 e. The van der Waals surface area contributed by atoms with Gasteiger partial charge < -0.3 is 15.4 Å². The number of anilines is 1. The molecule has 1 unspecified atom stereocenters. The molecule has 1 aromatic carbocycles. The zero-order valence-corrected chi connectivity index (χ0v) is 18.7. The Morgan fingerprint density at radius 2 is 1.97 bits per heavy atom. The van der Waals surface area contributed by atoms with Crippen molar-refractivity contribution in [3.05, 3.63) is 71.4 Å². The van der Waals surface area contributed by atoms with E-state index >= 15 is 0 Å². The Morgan fingerprint density at radius 3 is 2.69 bits per heavy atom. The smallest absolute Gasteiger partial charge is 0.406 e. The van der Waals surface area contributed by atoms with Crippen molar-refractivity contribution < 1.29 is 33.3 Å². The molecule has 36 heavy (non-hydrogen) atoms. The summed E-state index contributed by atoms with van der Waals surface area (Å²) in [5, 5.41) is 9.22. The average Bonchev–Trinajstić information content (AvgIpc) is 3.20. The number of hydrogen-bond donors (Lipinski definition) is 2. The molecule has 3 heterocycles. The van der Waals surface area contributed by atoms with Crippen LogP contribution in [-0.4, -0.2) is 37.8 Å². The summed E-state index contributed by atoms with van der Waals surface area (Å²) in [6.45, 7) is 1.30. The van der Waals surface area contributed by atoms with Gasteiger partial charge in [-0.25, -0.2) is 13.9 Å². The third-order valence-electron chi connectivity index (χ3n) is 4.81. The molecule has 4 aromatic rings. The van der Waals surface area contributed by atoms with Crippen LogP contribution in [0.5, 0.6) is 5.75 Å². The van der Waals surface area contributed by atoms with Gasteiger partial charge in [0.05, 0.1) is 18.8 Å². The van der Waals surface area contributed by atoms with Crippen LogP contribution in [0.3, 0.4) is 0 Å². The monoisotopic (exact) mass is 503 g/mol. The minimum atomic E-state index is -5.00. The lowest BCUT2D eigenvalue weighted by Gasteiger charge is -2.12. The molecule has 1 atom stereocenters. The quantitative estimate of drug-likeness (QED) is 0.385. The number of aryl methyl sites for hydroxylation is 1. The normalized spacial score (nSPS) is 12.7.